The van der Waals surface area contributed by atoms with Crippen molar-refractivity contribution in [2.45, 2.75) is 12.5 Å². The summed E-state index contributed by atoms with van der Waals surface area (Å²) in [5.41, 5.74) is 5.71. The van der Waals surface area contributed by atoms with E-state index in [9.17, 15) is 14.3 Å². The lowest BCUT2D eigenvalue weighted by atomic mass is 10.1. The number of hydrogen-bond acceptors (Lipinski definition) is 4. The summed E-state index contributed by atoms with van der Waals surface area (Å²) in [6.45, 7) is 0. The summed E-state index contributed by atoms with van der Waals surface area (Å²) in [6.07, 6.45) is -0.0144. The van der Waals surface area contributed by atoms with Crippen LogP contribution in [0, 0.1) is 5.82 Å². The van der Waals surface area contributed by atoms with Crippen molar-refractivity contribution in [3.63, 3.8) is 0 Å². The molecule has 0 aliphatic carbocycles. The maximum absolute atomic E-state index is 13.2. The van der Waals surface area contributed by atoms with Crippen molar-refractivity contribution in [1.29, 1.82) is 0 Å². The molecule has 0 heterocycles. The Balaban J connectivity index is 2.98. The lowest BCUT2D eigenvalue weighted by molar-refractivity contribution is -0.138. The summed E-state index contributed by atoms with van der Waals surface area (Å²) in [5.74, 6) is -2.78. The predicted molar refractivity (Wildman–Crippen MR) is 53.9 cm³/mol. The molecule has 6 heteroatoms. The molecule has 0 fully saturated rings. The first-order valence-corrected chi connectivity index (χ1v) is 4.49. The van der Waals surface area contributed by atoms with Crippen molar-refractivity contribution in [3.05, 3.63) is 23.5 Å². The lowest BCUT2D eigenvalue weighted by Crippen LogP contribution is -2.32. The molecule has 1 aromatic rings. The number of ether oxygens (including phenoxy) is 1. The first kappa shape index (κ1) is 12.3. The van der Waals surface area contributed by atoms with Gasteiger partial charge in [-0.05, 0) is 24.1 Å². The second-order valence-electron chi connectivity index (χ2n) is 3.28. The van der Waals surface area contributed by atoms with Gasteiger partial charge in [-0.15, -0.1) is 0 Å². The molecule has 0 bridgehead atoms. The zero-order chi connectivity index (χ0) is 12.3. The van der Waals surface area contributed by atoms with Gasteiger partial charge in [0.25, 0.3) is 0 Å². The number of rotatable bonds is 4. The van der Waals surface area contributed by atoms with Gasteiger partial charge in [0.05, 0.1) is 7.11 Å². The van der Waals surface area contributed by atoms with E-state index >= 15 is 0 Å². The third-order valence-electron chi connectivity index (χ3n) is 2.07. The molecule has 0 saturated heterocycles. The van der Waals surface area contributed by atoms with Gasteiger partial charge >= 0.3 is 5.97 Å². The number of carbonyl (C=O) groups is 1. The summed E-state index contributed by atoms with van der Waals surface area (Å²) < 4.78 is 17.8. The molecule has 4 N–H and O–H groups in total. The number of aromatic hydroxyl groups is 1. The zero-order valence-electron chi connectivity index (χ0n) is 8.61. The number of phenolic OH excluding ortho intramolecular Hbond substituents is 1. The van der Waals surface area contributed by atoms with Crippen LogP contribution in [0.5, 0.6) is 11.5 Å². The summed E-state index contributed by atoms with van der Waals surface area (Å²) in [5, 5.41) is 17.8. The number of hydrogen-bond donors (Lipinski definition) is 3. The maximum Gasteiger partial charge on any atom is 0.320 e. The van der Waals surface area contributed by atoms with E-state index in [4.69, 9.17) is 10.8 Å². The Bertz CT molecular complexity index is 408. The van der Waals surface area contributed by atoms with Crippen LogP contribution in [0.15, 0.2) is 12.1 Å². The van der Waals surface area contributed by atoms with Gasteiger partial charge in [-0.25, -0.2) is 0 Å². The summed E-state index contributed by atoms with van der Waals surface area (Å²) >= 11 is 0. The monoisotopic (exact) mass is 229 g/mol. The SMILES string of the molecule is COc1cc(CC(N)C(=O)O)cc(O)c1F. The van der Waals surface area contributed by atoms with Crippen molar-refractivity contribution < 1.29 is 24.1 Å². The molecule has 1 atom stereocenters. The fourth-order valence-corrected chi connectivity index (χ4v) is 1.25. The van der Waals surface area contributed by atoms with Crippen molar-refractivity contribution in [2.24, 2.45) is 5.73 Å². The van der Waals surface area contributed by atoms with Gasteiger partial charge in [-0.3, -0.25) is 4.79 Å². The molecule has 0 aliphatic heterocycles. The molecule has 0 saturated carbocycles. The maximum atomic E-state index is 13.2. The molecular weight excluding hydrogens is 217 g/mol. The highest BCUT2D eigenvalue weighted by atomic mass is 19.1. The third-order valence-corrected chi connectivity index (χ3v) is 2.07. The minimum atomic E-state index is -1.16. The van der Waals surface area contributed by atoms with Crippen LogP contribution in [0.3, 0.4) is 0 Å². The van der Waals surface area contributed by atoms with E-state index in [-0.39, 0.29) is 12.2 Å². The van der Waals surface area contributed by atoms with Crippen LogP contribution in [0.25, 0.3) is 0 Å². The Labute approximate surface area is 91.3 Å². The number of nitrogens with two attached hydrogens (primary N) is 1. The second-order valence-corrected chi connectivity index (χ2v) is 3.28. The Morgan fingerprint density at radius 1 is 1.62 bits per heavy atom. The number of carboxylic acids is 1. The van der Waals surface area contributed by atoms with E-state index in [1.807, 2.05) is 0 Å². The van der Waals surface area contributed by atoms with Crippen LogP contribution in [0.2, 0.25) is 0 Å². The van der Waals surface area contributed by atoms with Crippen LogP contribution in [-0.2, 0) is 11.2 Å². The molecular formula is C10H12FNO4. The van der Waals surface area contributed by atoms with E-state index < -0.39 is 23.6 Å². The lowest BCUT2D eigenvalue weighted by Gasteiger charge is -2.09. The van der Waals surface area contributed by atoms with Gasteiger partial charge in [-0.2, -0.15) is 4.39 Å². The van der Waals surface area contributed by atoms with Gasteiger partial charge in [0, 0.05) is 0 Å². The minimum absolute atomic E-state index is 0.0144. The fraction of sp³-hybridized carbons (Fsp3) is 0.300. The zero-order valence-corrected chi connectivity index (χ0v) is 8.61. The Morgan fingerprint density at radius 3 is 2.75 bits per heavy atom. The molecule has 5 nitrogen and oxygen atoms in total. The molecule has 0 radical (unpaired) electrons. The van der Waals surface area contributed by atoms with Gasteiger partial charge in [0.15, 0.2) is 11.5 Å². The Hall–Kier alpha value is -1.82. The van der Waals surface area contributed by atoms with Crippen molar-refractivity contribution >= 4 is 5.97 Å². The van der Waals surface area contributed by atoms with Crippen molar-refractivity contribution in [1.82, 2.24) is 0 Å². The number of halogens is 1. The highest BCUT2D eigenvalue weighted by Gasteiger charge is 2.16. The highest BCUT2D eigenvalue weighted by molar-refractivity contribution is 5.73. The van der Waals surface area contributed by atoms with Gasteiger partial charge in [0.1, 0.15) is 6.04 Å². The van der Waals surface area contributed by atoms with Gasteiger partial charge in [0.2, 0.25) is 5.82 Å². The molecule has 88 valence electrons. The van der Waals surface area contributed by atoms with E-state index in [1.165, 1.54) is 13.2 Å². The van der Waals surface area contributed by atoms with Crippen LogP contribution in [0.1, 0.15) is 5.56 Å². The first-order valence-electron chi connectivity index (χ1n) is 4.49. The molecule has 0 spiro atoms. The van der Waals surface area contributed by atoms with Crippen molar-refractivity contribution in [2.75, 3.05) is 7.11 Å². The molecule has 0 aromatic heterocycles. The van der Waals surface area contributed by atoms with Crippen LogP contribution in [-0.4, -0.2) is 29.3 Å². The van der Waals surface area contributed by atoms with Crippen molar-refractivity contribution in [3.8, 4) is 11.5 Å². The first-order chi connectivity index (χ1) is 7.45. The fourth-order valence-electron chi connectivity index (χ4n) is 1.25. The minimum Gasteiger partial charge on any atom is -0.505 e. The molecule has 16 heavy (non-hydrogen) atoms. The summed E-state index contributed by atoms with van der Waals surface area (Å²) in [7, 11) is 1.25. The molecule has 1 aromatic carbocycles. The standard InChI is InChI=1S/C10H12FNO4/c1-16-8-4-5(2-6(12)10(14)15)3-7(13)9(8)11/h3-4,6,13H,2,12H2,1H3,(H,14,15). The third kappa shape index (κ3) is 2.60. The number of benzene rings is 1. The molecule has 1 rings (SSSR count). The van der Waals surface area contributed by atoms with Gasteiger partial charge in [-0.1, -0.05) is 0 Å². The quantitative estimate of drug-likeness (QED) is 0.698. The normalized spacial score (nSPS) is 12.2. The van der Waals surface area contributed by atoms with E-state index in [0.717, 1.165) is 6.07 Å². The average Bonchev–Trinajstić information content (AvgIpc) is 2.22. The second kappa shape index (κ2) is 4.80. The number of carboxylic acid groups (broad SMARTS) is 1. The Kier molecular flexibility index (Phi) is 3.68. The summed E-state index contributed by atoms with van der Waals surface area (Å²) in [4.78, 5) is 10.5. The average molecular weight is 229 g/mol. The summed E-state index contributed by atoms with van der Waals surface area (Å²) in [6, 6.07) is 1.33. The van der Waals surface area contributed by atoms with E-state index in [2.05, 4.69) is 4.74 Å². The number of methoxy groups -OCH3 is 1. The topological polar surface area (TPSA) is 92.8 Å². The van der Waals surface area contributed by atoms with E-state index in [1.54, 1.807) is 0 Å². The van der Waals surface area contributed by atoms with Crippen LogP contribution in [0.4, 0.5) is 4.39 Å². The largest absolute Gasteiger partial charge is 0.505 e. The number of aliphatic carboxylic acids is 1. The number of phenols is 1. The van der Waals surface area contributed by atoms with E-state index in [0.29, 0.717) is 5.56 Å². The predicted octanol–water partition coefficient (Wildman–Crippen LogP) is 0.494. The smallest absolute Gasteiger partial charge is 0.320 e. The van der Waals surface area contributed by atoms with Crippen LogP contribution < -0.4 is 10.5 Å². The van der Waals surface area contributed by atoms with Gasteiger partial charge < -0.3 is 20.7 Å². The van der Waals surface area contributed by atoms with Crippen LogP contribution >= 0.6 is 0 Å². The Morgan fingerprint density at radius 2 is 2.25 bits per heavy atom. The highest BCUT2D eigenvalue weighted by Crippen LogP contribution is 2.27. The molecule has 0 amide bonds. The molecule has 1 unspecified atom stereocenters. The molecule has 0 aliphatic rings.